The van der Waals surface area contributed by atoms with Gasteiger partial charge in [0.05, 0.1) is 30.3 Å². The second-order valence-corrected chi connectivity index (χ2v) is 7.38. The number of rotatable bonds is 5. The first-order valence-electron chi connectivity index (χ1n) is 8.38. The second kappa shape index (κ2) is 8.20. The van der Waals surface area contributed by atoms with Crippen LogP contribution in [0.4, 0.5) is 10.5 Å². The quantitative estimate of drug-likeness (QED) is 0.511. The Morgan fingerprint density at radius 3 is 2.68 bits per heavy atom. The zero-order valence-electron chi connectivity index (χ0n) is 14.5. The number of benzene rings is 1. The molecule has 0 saturated carbocycles. The molecule has 1 aromatic carbocycles. The lowest BCUT2D eigenvalue weighted by atomic mass is 10.2. The highest BCUT2D eigenvalue weighted by Crippen LogP contribution is 2.26. The Balaban J connectivity index is 1.33. The number of halogens is 1. The average molecular weight is 411 g/mol. The third kappa shape index (κ3) is 4.36. The molecule has 7 nitrogen and oxygen atoms in total. The van der Waals surface area contributed by atoms with E-state index in [4.69, 9.17) is 11.6 Å². The van der Waals surface area contributed by atoms with Crippen molar-refractivity contribution in [1.82, 2.24) is 25.1 Å². The molecule has 0 aliphatic heterocycles. The molecule has 2 amide bonds. The van der Waals surface area contributed by atoms with Crippen LogP contribution in [-0.4, -0.2) is 25.8 Å². The number of hydrogen-bond acceptors (Lipinski definition) is 5. The lowest BCUT2D eigenvalue weighted by Crippen LogP contribution is -2.27. The molecule has 0 spiro atoms. The van der Waals surface area contributed by atoms with Crippen molar-refractivity contribution in [2.24, 2.45) is 0 Å². The summed E-state index contributed by atoms with van der Waals surface area (Å²) in [5.74, 6) is 0. The lowest BCUT2D eigenvalue weighted by Gasteiger charge is -2.04. The smallest absolute Gasteiger partial charge is 0.319 e. The van der Waals surface area contributed by atoms with E-state index in [1.807, 2.05) is 36.4 Å². The molecule has 3 aromatic heterocycles. The predicted octanol–water partition coefficient (Wildman–Crippen LogP) is 4.37. The molecule has 9 heteroatoms. The van der Waals surface area contributed by atoms with Crippen molar-refractivity contribution in [3.8, 4) is 16.3 Å². The molecule has 140 valence electrons. The molecule has 0 atom stereocenters. The molecule has 0 aliphatic carbocycles. The zero-order chi connectivity index (χ0) is 19.3. The monoisotopic (exact) mass is 410 g/mol. The van der Waals surface area contributed by atoms with Crippen LogP contribution < -0.4 is 10.6 Å². The average Bonchev–Trinajstić information content (AvgIpc) is 3.37. The van der Waals surface area contributed by atoms with E-state index in [1.165, 1.54) is 11.3 Å². The fraction of sp³-hybridized carbons (Fsp3) is 0.0526. The van der Waals surface area contributed by atoms with Gasteiger partial charge in [-0.15, -0.1) is 11.3 Å². The van der Waals surface area contributed by atoms with Gasteiger partial charge in [-0.1, -0.05) is 23.7 Å². The summed E-state index contributed by atoms with van der Waals surface area (Å²) in [5.41, 5.74) is 2.46. The van der Waals surface area contributed by atoms with Crippen molar-refractivity contribution in [3.63, 3.8) is 0 Å². The van der Waals surface area contributed by atoms with Gasteiger partial charge in [0.2, 0.25) is 0 Å². The first kappa shape index (κ1) is 18.1. The van der Waals surface area contributed by atoms with E-state index in [9.17, 15) is 4.79 Å². The number of pyridine rings is 1. The van der Waals surface area contributed by atoms with E-state index in [1.54, 1.807) is 35.7 Å². The van der Waals surface area contributed by atoms with Gasteiger partial charge in [0.15, 0.2) is 0 Å². The van der Waals surface area contributed by atoms with Crippen molar-refractivity contribution in [3.05, 3.63) is 77.3 Å². The minimum Gasteiger partial charge on any atom is -0.333 e. The molecular weight excluding hydrogens is 396 g/mol. The first-order chi connectivity index (χ1) is 13.7. The van der Waals surface area contributed by atoms with Gasteiger partial charge in [-0.25, -0.2) is 14.5 Å². The molecule has 28 heavy (non-hydrogen) atoms. The minimum atomic E-state index is -0.310. The molecular formula is C19H15ClN6OS. The summed E-state index contributed by atoms with van der Waals surface area (Å²) in [6.45, 7) is 0.385. The Hall–Kier alpha value is -3.23. The number of nitrogens with zero attached hydrogens (tertiary/aromatic N) is 4. The predicted molar refractivity (Wildman–Crippen MR) is 110 cm³/mol. The second-order valence-electron chi connectivity index (χ2n) is 5.83. The number of amides is 2. The maximum Gasteiger partial charge on any atom is 0.319 e. The van der Waals surface area contributed by atoms with E-state index in [2.05, 4.69) is 25.7 Å². The van der Waals surface area contributed by atoms with Crippen molar-refractivity contribution in [2.75, 3.05) is 5.32 Å². The maximum atomic E-state index is 12.1. The van der Waals surface area contributed by atoms with Crippen LogP contribution in [0.1, 0.15) is 4.88 Å². The summed E-state index contributed by atoms with van der Waals surface area (Å²) in [4.78, 5) is 21.5. The highest BCUT2D eigenvalue weighted by atomic mass is 35.5. The number of anilines is 1. The number of carbonyl (C=O) groups excluding carboxylic acids is 1. The molecule has 0 fully saturated rings. The summed E-state index contributed by atoms with van der Waals surface area (Å²) in [6, 6.07) is 10.9. The van der Waals surface area contributed by atoms with Gasteiger partial charge in [-0.05, 0) is 24.3 Å². The summed E-state index contributed by atoms with van der Waals surface area (Å²) < 4.78 is 1.67. The molecule has 0 unspecified atom stereocenters. The zero-order valence-corrected chi connectivity index (χ0v) is 16.1. The lowest BCUT2D eigenvalue weighted by molar-refractivity contribution is 0.252. The molecule has 0 radical (unpaired) electrons. The highest BCUT2D eigenvalue weighted by molar-refractivity contribution is 7.15. The standard InChI is InChI=1S/C19H15ClN6OS/c20-14-3-1-13(2-4-14)18-22-10-17(28-18)11-23-19(27)25-15-9-24-26(12-15)16-5-7-21-8-6-16/h1-10,12H,11H2,(H2,23,25,27). The Bertz CT molecular complexity index is 1080. The molecule has 3 heterocycles. The molecule has 4 rings (SSSR count). The van der Waals surface area contributed by atoms with Crippen LogP contribution in [-0.2, 0) is 6.54 Å². The molecule has 0 aliphatic rings. The van der Waals surface area contributed by atoms with Crippen LogP contribution in [0.3, 0.4) is 0 Å². The van der Waals surface area contributed by atoms with E-state index >= 15 is 0 Å². The van der Waals surface area contributed by atoms with Crippen molar-refractivity contribution in [2.45, 2.75) is 6.54 Å². The van der Waals surface area contributed by atoms with Crippen LogP contribution in [0.2, 0.25) is 5.02 Å². The number of carbonyl (C=O) groups is 1. The number of urea groups is 1. The normalized spacial score (nSPS) is 10.6. The molecule has 0 bridgehead atoms. The van der Waals surface area contributed by atoms with Gasteiger partial charge in [-0.2, -0.15) is 5.10 Å². The fourth-order valence-corrected chi connectivity index (χ4v) is 3.47. The van der Waals surface area contributed by atoms with E-state index in [0.29, 0.717) is 17.3 Å². The summed E-state index contributed by atoms with van der Waals surface area (Å²) in [5, 5.41) is 11.4. The van der Waals surface area contributed by atoms with Gasteiger partial charge in [0, 0.05) is 34.1 Å². The van der Waals surface area contributed by atoms with Crippen LogP contribution in [0, 0.1) is 0 Å². The Morgan fingerprint density at radius 1 is 1.11 bits per heavy atom. The first-order valence-corrected chi connectivity index (χ1v) is 9.57. The van der Waals surface area contributed by atoms with Crippen molar-refractivity contribution >= 4 is 34.7 Å². The van der Waals surface area contributed by atoms with Gasteiger partial charge in [0.25, 0.3) is 0 Å². The Kier molecular flexibility index (Phi) is 5.31. The van der Waals surface area contributed by atoms with Crippen molar-refractivity contribution in [1.29, 1.82) is 0 Å². The topological polar surface area (TPSA) is 84.7 Å². The summed E-state index contributed by atoms with van der Waals surface area (Å²) in [6.07, 6.45) is 8.45. The van der Waals surface area contributed by atoms with Gasteiger partial charge in [0.1, 0.15) is 5.01 Å². The van der Waals surface area contributed by atoms with Gasteiger partial charge < -0.3 is 10.6 Å². The Morgan fingerprint density at radius 2 is 1.89 bits per heavy atom. The van der Waals surface area contributed by atoms with Crippen LogP contribution in [0.25, 0.3) is 16.3 Å². The largest absolute Gasteiger partial charge is 0.333 e. The van der Waals surface area contributed by atoms with E-state index in [0.717, 1.165) is 21.1 Å². The molecule has 4 aromatic rings. The van der Waals surface area contributed by atoms with Gasteiger partial charge in [-0.3, -0.25) is 4.98 Å². The van der Waals surface area contributed by atoms with Gasteiger partial charge >= 0.3 is 6.03 Å². The van der Waals surface area contributed by atoms with Crippen LogP contribution >= 0.6 is 22.9 Å². The van der Waals surface area contributed by atoms with Crippen LogP contribution in [0.5, 0.6) is 0 Å². The molecule has 2 N–H and O–H groups in total. The number of aromatic nitrogens is 4. The number of hydrogen-bond donors (Lipinski definition) is 2. The number of nitrogens with one attached hydrogen (secondary N) is 2. The maximum absolute atomic E-state index is 12.1. The van der Waals surface area contributed by atoms with E-state index in [-0.39, 0.29) is 6.03 Å². The fourth-order valence-electron chi connectivity index (χ4n) is 2.48. The number of thiazole rings is 1. The third-order valence-corrected chi connectivity index (χ3v) is 5.13. The summed E-state index contributed by atoms with van der Waals surface area (Å²) in [7, 11) is 0. The van der Waals surface area contributed by atoms with Crippen molar-refractivity contribution < 1.29 is 4.79 Å². The molecule has 0 saturated heterocycles. The van der Waals surface area contributed by atoms with Crippen LogP contribution in [0.15, 0.2) is 67.4 Å². The highest BCUT2D eigenvalue weighted by Gasteiger charge is 2.08. The SMILES string of the molecule is O=C(NCc1cnc(-c2ccc(Cl)cc2)s1)Nc1cnn(-c2ccncc2)c1. The minimum absolute atomic E-state index is 0.310. The van der Waals surface area contributed by atoms with E-state index < -0.39 is 0 Å². The summed E-state index contributed by atoms with van der Waals surface area (Å²) >= 11 is 7.43. The third-order valence-electron chi connectivity index (χ3n) is 3.84. The Labute approximate surface area is 170 Å².